The fraction of sp³-hybridized carbons (Fsp3) is 0.684. The van der Waals surface area contributed by atoms with Gasteiger partial charge in [-0.05, 0) is 56.3 Å². The van der Waals surface area contributed by atoms with Crippen molar-refractivity contribution in [2.24, 2.45) is 34.5 Å². The van der Waals surface area contributed by atoms with Gasteiger partial charge >= 0.3 is 5.97 Å². The topological polar surface area (TPSA) is 74.6 Å². The molecule has 4 rings (SSSR count). The predicted octanol–water partition coefficient (Wildman–Crippen LogP) is 3.34. The van der Waals surface area contributed by atoms with E-state index in [2.05, 4.69) is 6.58 Å². The minimum atomic E-state index is -1.01. The third kappa shape index (κ3) is 1.83. The zero-order valence-electron chi connectivity index (χ0n) is 13.8. The van der Waals surface area contributed by atoms with Crippen molar-refractivity contribution in [3.63, 3.8) is 0 Å². The minimum absolute atomic E-state index is 0.127. The van der Waals surface area contributed by atoms with Crippen molar-refractivity contribution in [1.29, 1.82) is 0 Å². The number of carbonyl (C=O) groups excluding carboxylic acids is 1. The van der Waals surface area contributed by atoms with Crippen LogP contribution in [0, 0.1) is 34.5 Å². The molecule has 4 aliphatic rings. The van der Waals surface area contributed by atoms with Crippen LogP contribution < -0.4 is 0 Å². The number of allylic oxidation sites excluding steroid dienone is 2. The number of rotatable bonds is 2. The van der Waals surface area contributed by atoms with Gasteiger partial charge in [0.05, 0.1) is 17.4 Å². The van der Waals surface area contributed by atoms with Crippen LogP contribution in [0.5, 0.6) is 0 Å². The number of hydrogen-bond donors (Lipinski definition) is 2. The molecule has 2 bridgehead atoms. The SMILES string of the molecule is C=C1C[C@]23C[C@H]1CC[C@H]2C1=CC[C@H](O)[C@@](C)(C(=O)I)[C@H]1[C@@H]3C(=O)O. The molecule has 0 aromatic carbocycles. The fourth-order valence-electron chi connectivity index (χ4n) is 6.47. The molecule has 5 heteroatoms. The Labute approximate surface area is 155 Å². The van der Waals surface area contributed by atoms with Crippen LogP contribution in [0.25, 0.3) is 0 Å². The van der Waals surface area contributed by atoms with Gasteiger partial charge in [0.25, 0.3) is 0 Å². The molecule has 4 aliphatic carbocycles. The summed E-state index contributed by atoms with van der Waals surface area (Å²) in [4.78, 5) is 24.9. The van der Waals surface area contributed by atoms with Gasteiger partial charge in [0.2, 0.25) is 3.79 Å². The van der Waals surface area contributed by atoms with E-state index in [9.17, 15) is 19.8 Å². The summed E-state index contributed by atoms with van der Waals surface area (Å²) in [6.07, 6.45) is 5.37. The van der Waals surface area contributed by atoms with Crippen molar-refractivity contribution in [3.8, 4) is 0 Å². The lowest BCUT2D eigenvalue weighted by atomic mass is 9.61. The van der Waals surface area contributed by atoms with Gasteiger partial charge in [-0.25, -0.2) is 0 Å². The first-order valence-corrected chi connectivity index (χ1v) is 9.79. The predicted molar refractivity (Wildman–Crippen MR) is 97.5 cm³/mol. The first-order chi connectivity index (χ1) is 11.2. The number of halogens is 1. The van der Waals surface area contributed by atoms with Gasteiger partial charge in [-0.1, -0.05) is 23.8 Å². The van der Waals surface area contributed by atoms with Gasteiger partial charge in [-0.15, -0.1) is 0 Å². The monoisotopic (exact) mass is 442 g/mol. The molecule has 24 heavy (non-hydrogen) atoms. The van der Waals surface area contributed by atoms with Crippen molar-refractivity contribution in [2.75, 3.05) is 0 Å². The molecular weight excluding hydrogens is 419 g/mol. The van der Waals surface area contributed by atoms with Crippen LogP contribution in [0.4, 0.5) is 0 Å². The molecule has 0 amide bonds. The van der Waals surface area contributed by atoms with E-state index in [0.29, 0.717) is 12.3 Å². The van der Waals surface area contributed by atoms with E-state index in [4.69, 9.17) is 0 Å². The largest absolute Gasteiger partial charge is 0.481 e. The quantitative estimate of drug-likeness (QED) is 0.391. The average Bonchev–Trinajstić information content (AvgIpc) is 2.94. The Morgan fingerprint density at radius 2 is 2.08 bits per heavy atom. The maximum absolute atomic E-state index is 12.5. The highest BCUT2D eigenvalue weighted by molar-refractivity contribution is 14.1. The second-order valence-electron chi connectivity index (χ2n) is 8.40. The first kappa shape index (κ1) is 16.8. The van der Waals surface area contributed by atoms with Gasteiger partial charge in [0, 0.05) is 28.5 Å². The van der Waals surface area contributed by atoms with Crippen molar-refractivity contribution in [2.45, 2.75) is 45.1 Å². The molecule has 4 nitrogen and oxygen atoms in total. The van der Waals surface area contributed by atoms with Crippen molar-refractivity contribution < 1.29 is 19.8 Å². The lowest BCUT2D eigenvalue weighted by Gasteiger charge is -2.43. The highest BCUT2D eigenvalue weighted by Crippen LogP contribution is 2.72. The van der Waals surface area contributed by atoms with Crippen LogP contribution in [0.3, 0.4) is 0 Å². The molecule has 2 N–H and O–H groups in total. The molecule has 0 saturated heterocycles. The third-order valence-corrected chi connectivity index (χ3v) is 8.74. The van der Waals surface area contributed by atoms with Crippen LogP contribution in [0.1, 0.15) is 39.0 Å². The summed E-state index contributed by atoms with van der Waals surface area (Å²) in [6.45, 7) is 5.99. The summed E-state index contributed by atoms with van der Waals surface area (Å²) in [5.41, 5.74) is 0.998. The molecule has 0 aliphatic heterocycles. The number of aliphatic hydroxyl groups is 1. The third-order valence-electron chi connectivity index (χ3n) is 7.58. The second-order valence-corrected chi connectivity index (χ2v) is 9.38. The van der Waals surface area contributed by atoms with Crippen LogP contribution in [-0.4, -0.2) is 26.1 Å². The van der Waals surface area contributed by atoms with Gasteiger partial charge in [0.15, 0.2) is 0 Å². The van der Waals surface area contributed by atoms with E-state index in [1.807, 2.05) is 6.08 Å². The van der Waals surface area contributed by atoms with E-state index in [-0.39, 0.29) is 15.1 Å². The van der Waals surface area contributed by atoms with Crippen molar-refractivity contribution in [1.82, 2.24) is 0 Å². The van der Waals surface area contributed by atoms with Crippen LogP contribution in [0.2, 0.25) is 0 Å². The van der Waals surface area contributed by atoms with Crippen LogP contribution >= 0.6 is 22.6 Å². The molecule has 0 radical (unpaired) electrons. The number of aliphatic carboxylic acids is 1. The number of fused-ring (bicyclic) bond motifs is 3. The summed E-state index contributed by atoms with van der Waals surface area (Å²) >= 11 is 1.75. The highest BCUT2D eigenvalue weighted by atomic mass is 127. The Morgan fingerprint density at radius 1 is 1.38 bits per heavy atom. The van der Waals surface area contributed by atoms with E-state index >= 15 is 0 Å². The lowest BCUT2D eigenvalue weighted by Crippen LogP contribution is -2.50. The van der Waals surface area contributed by atoms with E-state index in [0.717, 1.165) is 31.3 Å². The molecular formula is C19H23IO4. The number of carbonyl (C=O) groups is 2. The van der Waals surface area contributed by atoms with Crippen molar-refractivity contribution >= 4 is 32.4 Å². The van der Waals surface area contributed by atoms with E-state index in [1.165, 1.54) is 5.57 Å². The molecule has 3 saturated carbocycles. The second kappa shape index (κ2) is 5.16. The van der Waals surface area contributed by atoms with E-state index in [1.54, 1.807) is 29.5 Å². The lowest BCUT2D eigenvalue weighted by molar-refractivity contribution is -0.153. The summed E-state index contributed by atoms with van der Waals surface area (Å²) in [5, 5.41) is 20.8. The van der Waals surface area contributed by atoms with Gasteiger partial charge < -0.3 is 10.2 Å². The standard InChI is InChI=1S/C19H23IO4/c1-9-7-19-8-10(9)3-5-12(19)11-4-6-13(21)18(2,17(20)24)14(11)15(19)16(22)23/h4,10,12-15,21H,1,3,5-8H2,2H3,(H,22,23)/t10-,12+,13+,14-,15-,18-,19+/m1/s1. The normalized spacial score (nSPS) is 49.4. The molecule has 3 fully saturated rings. The molecule has 7 atom stereocenters. The van der Waals surface area contributed by atoms with Crippen LogP contribution in [-0.2, 0) is 9.59 Å². The minimum Gasteiger partial charge on any atom is -0.481 e. The Hall–Kier alpha value is -0.690. The fourth-order valence-corrected chi connectivity index (χ4v) is 7.16. The molecule has 130 valence electrons. The van der Waals surface area contributed by atoms with Gasteiger partial charge in [0.1, 0.15) is 0 Å². The summed E-state index contributed by atoms with van der Waals surface area (Å²) in [7, 11) is 0. The van der Waals surface area contributed by atoms with Crippen LogP contribution in [0.15, 0.2) is 23.8 Å². The smallest absolute Gasteiger partial charge is 0.307 e. The number of carboxylic acids is 1. The Balaban J connectivity index is 1.92. The number of carboxylic acid groups (broad SMARTS) is 1. The zero-order valence-corrected chi connectivity index (χ0v) is 16.0. The zero-order chi connectivity index (χ0) is 17.4. The average molecular weight is 442 g/mol. The number of hydrogen-bond acceptors (Lipinski definition) is 3. The maximum Gasteiger partial charge on any atom is 0.307 e. The summed E-state index contributed by atoms with van der Waals surface area (Å²) in [5.74, 6) is -1.16. The molecule has 0 unspecified atom stereocenters. The molecule has 1 spiro atoms. The highest BCUT2D eigenvalue weighted by Gasteiger charge is 2.70. The Morgan fingerprint density at radius 3 is 2.71 bits per heavy atom. The Bertz CT molecular complexity index is 683. The van der Waals surface area contributed by atoms with E-state index < -0.39 is 29.3 Å². The summed E-state index contributed by atoms with van der Waals surface area (Å²) < 4.78 is -0.127. The van der Waals surface area contributed by atoms with Gasteiger partial charge in [-0.3, -0.25) is 9.59 Å². The van der Waals surface area contributed by atoms with Crippen molar-refractivity contribution in [3.05, 3.63) is 23.8 Å². The molecule has 0 aromatic heterocycles. The summed E-state index contributed by atoms with van der Waals surface area (Å²) in [6, 6.07) is 0. The number of aliphatic hydroxyl groups excluding tert-OH is 1. The Kier molecular flexibility index (Phi) is 3.60. The van der Waals surface area contributed by atoms with Gasteiger partial charge in [-0.2, -0.15) is 0 Å². The molecule has 0 aromatic rings. The maximum atomic E-state index is 12.5. The molecule has 0 heterocycles. The first-order valence-electron chi connectivity index (χ1n) is 8.72.